The predicted octanol–water partition coefficient (Wildman–Crippen LogP) is 2.34. The SMILES string of the molecule is CN(C1CCC1)S(=O)(=O)c1cc(N)c(F)cc1Br. The van der Waals surface area contributed by atoms with Crippen molar-refractivity contribution in [2.24, 2.45) is 0 Å². The fourth-order valence-electron chi connectivity index (χ4n) is 1.84. The van der Waals surface area contributed by atoms with Crippen molar-refractivity contribution in [3.63, 3.8) is 0 Å². The maximum atomic E-state index is 13.2. The summed E-state index contributed by atoms with van der Waals surface area (Å²) in [6.07, 6.45) is 2.77. The Morgan fingerprint density at radius 1 is 1.44 bits per heavy atom. The molecule has 0 saturated heterocycles. The van der Waals surface area contributed by atoms with Gasteiger partial charge >= 0.3 is 0 Å². The molecule has 1 aromatic carbocycles. The molecule has 0 aliphatic heterocycles. The summed E-state index contributed by atoms with van der Waals surface area (Å²) in [6.45, 7) is 0. The average molecular weight is 337 g/mol. The number of nitrogen functional groups attached to an aromatic ring is 1. The van der Waals surface area contributed by atoms with E-state index in [1.807, 2.05) is 0 Å². The molecule has 0 radical (unpaired) electrons. The number of rotatable bonds is 3. The van der Waals surface area contributed by atoms with Crippen molar-refractivity contribution in [3.05, 3.63) is 22.4 Å². The van der Waals surface area contributed by atoms with Crippen LogP contribution in [-0.2, 0) is 10.0 Å². The van der Waals surface area contributed by atoms with E-state index in [1.54, 1.807) is 7.05 Å². The molecule has 0 atom stereocenters. The quantitative estimate of drug-likeness (QED) is 0.861. The molecule has 1 saturated carbocycles. The monoisotopic (exact) mass is 336 g/mol. The van der Waals surface area contributed by atoms with Gasteiger partial charge in [0.15, 0.2) is 0 Å². The highest BCUT2D eigenvalue weighted by Crippen LogP contribution is 2.33. The summed E-state index contributed by atoms with van der Waals surface area (Å²) in [5.74, 6) is -0.632. The molecule has 2 N–H and O–H groups in total. The molecule has 0 bridgehead atoms. The normalized spacial score (nSPS) is 16.9. The van der Waals surface area contributed by atoms with Gasteiger partial charge < -0.3 is 5.73 Å². The summed E-state index contributed by atoms with van der Waals surface area (Å²) in [7, 11) is -2.08. The van der Waals surface area contributed by atoms with Gasteiger partial charge in [-0.1, -0.05) is 6.42 Å². The van der Waals surface area contributed by atoms with E-state index in [2.05, 4.69) is 15.9 Å². The average Bonchev–Trinajstić information content (AvgIpc) is 2.20. The number of hydrogen-bond donors (Lipinski definition) is 1. The van der Waals surface area contributed by atoms with Gasteiger partial charge in [0, 0.05) is 17.6 Å². The zero-order valence-corrected chi connectivity index (χ0v) is 12.3. The molecule has 0 unspecified atom stereocenters. The van der Waals surface area contributed by atoms with E-state index < -0.39 is 15.8 Å². The van der Waals surface area contributed by atoms with Crippen LogP contribution in [0.2, 0.25) is 0 Å². The lowest BCUT2D eigenvalue weighted by Gasteiger charge is -2.34. The van der Waals surface area contributed by atoms with Gasteiger partial charge in [-0.05, 0) is 40.9 Å². The Balaban J connectivity index is 2.43. The summed E-state index contributed by atoms with van der Waals surface area (Å²) in [4.78, 5) is 0.0100. The van der Waals surface area contributed by atoms with Crippen LogP contribution in [0, 0.1) is 5.82 Å². The van der Waals surface area contributed by atoms with Crippen molar-refractivity contribution in [2.75, 3.05) is 12.8 Å². The second-order valence-corrected chi connectivity index (χ2v) is 7.23. The molecule has 4 nitrogen and oxygen atoms in total. The third-order valence-electron chi connectivity index (χ3n) is 3.30. The second-order valence-electron chi connectivity index (χ2n) is 4.41. The molecule has 18 heavy (non-hydrogen) atoms. The van der Waals surface area contributed by atoms with E-state index in [-0.39, 0.29) is 21.1 Å². The number of halogens is 2. The number of nitrogens with two attached hydrogens (primary N) is 1. The number of sulfonamides is 1. The lowest BCUT2D eigenvalue weighted by Crippen LogP contribution is -2.41. The maximum absolute atomic E-state index is 13.2. The standard InChI is InChI=1S/C11H14BrFN2O2S/c1-15(7-3-2-4-7)18(16,17)11-6-10(14)9(13)5-8(11)12/h5-7H,2-4,14H2,1H3. The van der Waals surface area contributed by atoms with Gasteiger partial charge in [-0.3, -0.25) is 0 Å². The minimum atomic E-state index is -3.63. The van der Waals surface area contributed by atoms with Crippen LogP contribution < -0.4 is 5.73 Å². The number of benzene rings is 1. The number of anilines is 1. The van der Waals surface area contributed by atoms with Crippen molar-refractivity contribution in [2.45, 2.75) is 30.2 Å². The molecule has 1 aliphatic carbocycles. The summed E-state index contributed by atoms with van der Waals surface area (Å²) >= 11 is 3.07. The molecule has 100 valence electrons. The predicted molar refractivity (Wildman–Crippen MR) is 71.1 cm³/mol. The van der Waals surface area contributed by atoms with Crippen LogP contribution in [-0.4, -0.2) is 25.8 Å². The van der Waals surface area contributed by atoms with Gasteiger partial charge in [-0.2, -0.15) is 4.31 Å². The minimum Gasteiger partial charge on any atom is -0.396 e. The molecule has 1 fully saturated rings. The molecule has 0 heterocycles. The van der Waals surface area contributed by atoms with E-state index in [0.717, 1.165) is 31.4 Å². The molecular weight excluding hydrogens is 323 g/mol. The van der Waals surface area contributed by atoms with Crippen LogP contribution in [0.15, 0.2) is 21.5 Å². The Bertz CT molecular complexity index is 573. The summed E-state index contributed by atoms with van der Waals surface area (Å²) in [6, 6.07) is 2.27. The zero-order chi connectivity index (χ0) is 13.5. The highest BCUT2D eigenvalue weighted by molar-refractivity contribution is 9.10. The fourth-order valence-corrected chi connectivity index (χ4v) is 4.27. The van der Waals surface area contributed by atoms with Gasteiger partial charge in [-0.25, -0.2) is 12.8 Å². The topological polar surface area (TPSA) is 63.4 Å². The minimum absolute atomic E-state index is 0.0100. The highest BCUT2D eigenvalue weighted by atomic mass is 79.9. The van der Waals surface area contributed by atoms with E-state index in [9.17, 15) is 12.8 Å². The first-order chi connectivity index (χ1) is 8.34. The Morgan fingerprint density at radius 3 is 2.56 bits per heavy atom. The van der Waals surface area contributed by atoms with Crippen molar-refractivity contribution >= 4 is 31.6 Å². The van der Waals surface area contributed by atoms with E-state index in [1.165, 1.54) is 4.31 Å². The number of hydrogen-bond acceptors (Lipinski definition) is 3. The van der Waals surface area contributed by atoms with Crippen molar-refractivity contribution in [1.29, 1.82) is 0 Å². The van der Waals surface area contributed by atoms with Gasteiger partial charge in [0.25, 0.3) is 0 Å². The molecule has 0 aromatic heterocycles. The third-order valence-corrected chi connectivity index (χ3v) is 6.17. The Morgan fingerprint density at radius 2 is 2.06 bits per heavy atom. The van der Waals surface area contributed by atoms with Crippen LogP contribution in [0.5, 0.6) is 0 Å². The Hall–Kier alpha value is -0.660. The summed E-state index contributed by atoms with van der Waals surface area (Å²) in [5.41, 5.74) is 5.26. The molecule has 1 aromatic rings. The third kappa shape index (κ3) is 2.26. The van der Waals surface area contributed by atoms with Crippen LogP contribution >= 0.6 is 15.9 Å². The fraction of sp³-hybridized carbons (Fsp3) is 0.455. The first kappa shape index (κ1) is 13.8. The van der Waals surface area contributed by atoms with Crippen LogP contribution in [0.4, 0.5) is 10.1 Å². The van der Waals surface area contributed by atoms with Gasteiger partial charge in [-0.15, -0.1) is 0 Å². The van der Waals surface area contributed by atoms with E-state index in [0.29, 0.717) is 0 Å². The lowest BCUT2D eigenvalue weighted by molar-refractivity contribution is 0.249. The van der Waals surface area contributed by atoms with E-state index >= 15 is 0 Å². The molecule has 1 aliphatic rings. The Labute approximate surface area is 114 Å². The largest absolute Gasteiger partial charge is 0.396 e. The van der Waals surface area contributed by atoms with Crippen LogP contribution in [0.3, 0.4) is 0 Å². The van der Waals surface area contributed by atoms with Crippen LogP contribution in [0.25, 0.3) is 0 Å². The van der Waals surface area contributed by atoms with Crippen molar-refractivity contribution in [3.8, 4) is 0 Å². The zero-order valence-electron chi connectivity index (χ0n) is 9.86. The smallest absolute Gasteiger partial charge is 0.244 e. The van der Waals surface area contributed by atoms with Gasteiger partial charge in [0.2, 0.25) is 10.0 Å². The lowest BCUT2D eigenvalue weighted by atomic mass is 9.94. The molecule has 0 spiro atoms. The highest BCUT2D eigenvalue weighted by Gasteiger charge is 2.33. The second kappa shape index (κ2) is 4.79. The summed E-state index contributed by atoms with van der Waals surface area (Å²) in [5, 5.41) is 0. The first-order valence-electron chi connectivity index (χ1n) is 5.56. The molecule has 2 rings (SSSR count). The molecular formula is C11H14BrFN2O2S. The van der Waals surface area contributed by atoms with Gasteiger partial charge in [0.1, 0.15) is 5.82 Å². The Kier molecular flexibility index (Phi) is 3.66. The maximum Gasteiger partial charge on any atom is 0.244 e. The summed E-state index contributed by atoms with van der Waals surface area (Å²) < 4.78 is 39.5. The molecule has 0 amide bonds. The number of nitrogens with zero attached hydrogens (tertiary/aromatic N) is 1. The van der Waals surface area contributed by atoms with Crippen molar-refractivity contribution < 1.29 is 12.8 Å². The van der Waals surface area contributed by atoms with Crippen molar-refractivity contribution in [1.82, 2.24) is 4.31 Å². The van der Waals surface area contributed by atoms with E-state index in [4.69, 9.17) is 5.73 Å². The van der Waals surface area contributed by atoms with Gasteiger partial charge in [0.05, 0.1) is 10.6 Å². The first-order valence-corrected chi connectivity index (χ1v) is 7.80. The molecule has 7 heteroatoms. The van der Waals surface area contributed by atoms with Crippen LogP contribution in [0.1, 0.15) is 19.3 Å².